The van der Waals surface area contributed by atoms with Crippen LogP contribution in [0.15, 0.2) is 42.5 Å². The Kier molecular flexibility index (Phi) is 6.37. The molecule has 0 aliphatic carbocycles. The van der Waals surface area contributed by atoms with Crippen LogP contribution < -0.4 is 19.5 Å². The molecule has 0 fully saturated rings. The molecule has 1 aliphatic heterocycles. The average Bonchev–Trinajstić information content (AvgIpc) is 3.15. The Hall–Kier alpha value is -3.22. The fourth-order valence-electron chi connectivity index (χ4n) is 2.66. The Bertz CT molecular complexity index is 851. The third kappa shape index (κ3) is 5.16. The first-order valence-electron chi connectivity index (χ1n) is 9.07. The van der Waals surface area contributed by atoms with E-state index in [4.69, 9.17) is 18.9 Å². The van der Waals surface area contributed by atoms with Gasteiger partial charge in [0.15, 0.2) is 17.6 Å². The van der Waals surface area contributed by atoms with Crippen LogP contribution in [-0.2, 0) is 20.9 Å². The minimum absolute atomic E-state index is 0.0636. The summed E-state index contributed by atoms with van der Waals surface area (Å²) in [6.07, 6.45) is -0.825. The van der Waals surface area contributed by atoms with Crippen molar-refractivity contribution in [3.05, 3.63) is 53.6 Å². The highest BCUT2D eigenvalue weighted by Crippen LogP contribution is 2.32. The lowest BCUT2D eigenvalue weighted by molar-refractivity contribution is -0.155. The van der Waals surface area contributed by atoms with Crippen molar-refractivity contribution in [2.24, 2.45) is 0 Å². The molecule has 0 spiro atoms. The Morgan fingerprint density at radius 2 is 1.93 bits per heavy atom. The third-order valence-corrected chi connectivity index (χ3v) is 4.24. The molecule has 0 bridgehead atoms. The highest BCUT2D eigenvalue weighted by Gasteiger charge is 2.18. The molecule has 0 aromatic heterocycles. The molecule has 7 heteroatoms. The maximum Gasteiger partial charge on any atom is 0.310 e. The molecule has 0 radical (unpaired) electrons. The fraction of sp³-hybridized carbons (Fsp3) is 0.333. The molecule has 148 valence electrons. The van der Waals surface area contributed by atoms with Crippen molar-refractivity contribution in [3.8, 4) is 17.2 Å². The molecule has 7 nitrogen and oxygen atoms in total. The van der Waals surface area contributed by atoms with Gasteiger partial charge in [0.05, 0.1) is 13.0 Å². The minimum Gasteiger partial charge on any atom is -0.493 e. The second-order valence-corrected chi connectivity index (χ2v) is 6.40. The van der Waals surface area contributed by atoms with Crippen LogP contribution in [0.5, 0.6) is 17.2 Å². The van der Waals surface area contributed by atoms with E-state index in [9.17, 15) is 9.59 Å². The molecule has 28 heavy (non-hydrogen) atoms. The predicted molar refractivity (Wildman–Crippen MR) is 101 cm³/mol. The first kappa shape index (κ1) is 19.5. The van der Waals surface area contributed by atoms with E-state index in [1.54, 1.807) is 6.07 Å². The van der Waals surface area contributed by atoms with Crippen LogP contribution in [0.25, 0.3) is 0 Å². The zero-order valence-corrected chi connectivity index (χ0v) is 15.9. The van der Waals surface area contributed by atoms with Crippen LogP contribution in [0, 0.1) is 6.92 Å². The van der Waals surface area contributed by atoms with Crippen LogP contribution in [0.4, 0.5) is 0 Å². The minimum atomic E-state index is -0.889. The second-order valence-electron chi connectivity index (χ2n) is 6.40. The fourth-order valence-corrected chi connectivity index (χ4v) is 2.66. The highest BCUT2D eigenvalue weighted by molar-refractivity contribution is 5.83. The van der Waals surface area contributed by atoms with Gasteiger partial charge >= 0.3 is 5.97 Å². The number of carbonyl (C=O) groups excluding carboxylic acids is 2. The molecule has 0 saturated carbocycles. The highest BCUT2D eigenvalue weighted by atomic mass is 16.7. The predicted octanol–water partition coefficient (Wildman–Crippen LogP) is 2.74. The van der Waals surface area contributed by atoms with Crippen LogP contribution in [0.3, 0.4) is 0 Å². The van der Waals surface area contributed by atoms with E-state index in [1.165, 1.54) is 6.92 Å². The number of nitrogens with one attached hydrogen (secondary N) is 1. The number of rotatable bonds is 8. The normalized spacial score (nSPS) is 12.9. The number of carbonyl (C=O) groups is 2. The zero-order chi connectivity index (χ0) is 19.9. The largest absolute Gasteiger partial charge is 0.493 e. The van der Waals surface area contributed by atoms with E-state index >= 15 is 0 Å². The van der Waals surface area contributed by atoms with Crippen LogP contribution in [0.1, 0.15) is 24.5 Å². The van der Waals surface area contributed by atoms with E-state index in [2.05, 4.69) is 5.32 Å². The molecule has 0 saturated heterocycles. The van der Waals surface area contributed by atoms with Crippen LogP contribution >= 0.6 is 0 Å². The quantitative estimate of drug-likeness (QED) is 0.704. The Morgan fingerprint density at radius 3 is 2.75 bits per heavy atom. The number of hydrogen-bond donors (Lipinski definition) is 1. The lowest BCUT2D eigenvalue weighted by Gasteiger charge is -2.14. The summed E-state index contributed by atoms with van der Waals surface area (Å²) in [6, 6.07) is 13.0. The number of hydrogen-bond acceptors (Lipinski definition) is 6. The molecular formula is C21H23NO6. The summed E-state index contributed by atoms with van der Waals surface area (Å²) >= 11 is 0. The van der Waals surface area contributed by atoms with E-state index in [0.29, 0.717) is 18.0 Å². The molecule has 2 aromatic carbocycles. The smallest absolute Gasteiger partial charge is 0.310 e. The van der Waals surface area contributed by atoms with Gasteiger partial charge in [-0.3, -0.25) is 9.59 Å². The van der Waals surface area contributed by atoms with Gasteiger partial charge in [-0.15, -0.1) is 0 Å². The van der Waals surface area contributed by atoms with E-state index in [1.807, 2.05) is 43.3 Å². The van der Waals surface area contributed by atoms with Crippen LogP contribution in [0.2, 0.25) is 0 Å². The first-order valence-corrected chi connectivity index (χ1v) is 9.07. The molecule has 1 N–H and O–H groups in total. The van der Waals surface area contributed by atoms with Gasteiger partial charge in [-0.05, 0) is 43.2 Å². The van der Waals surface area contributed by atoms with Gasteiger partial charge in [0, 0.05) is 6.54 Å². The topological polar surface area (TPSA) is 83.1 Å². The Morgan fingerprint density at radius 1 is 1.14 bits per heavy atom. The third-order valence-electron chi connectivity index (χ3n) is 4.24. The summed E-state index contributed by atoms with van der Waals surface area (Å²) in [5.41, 5.74) is 1.86. The molecule has 1 aliphatic rings. The van der Waals surface area contributed by atoms with Gasteiger partial charge < -0.3 is 24.3 Å². The maximum absolute atomic E-state index is 12.2. The summed E-state index contributed by atoms with van der Waals surface area (Å²) in [5.74, 6) is 1.21. The van der Waals surface area contributed by atoms with E-state index in [-0.39, 0.29) is 25.7 Å². The summed E-state index contributed by atoms with van der Waals surface area (Å²) in [4.78, 5) is 24.1. The monoisotopic (exact) mass is 385 g/mol. The first-order chi connectivity index (χ1) is 13.5. The van der Waals surface area contributed by atoms with Crippen molar-refractivity contribution in [2.45, 2.75) is 32.9 Å². The number of benzene rings is 2. The van der Waals surface area contributed by atoms with Gasteiger partial charge in [-0.2, -0.15) is 0 Å². The molecule has 1 atom stereocenters. The van der Waals surface area contributed by atoms with Crippen molar-refractivity contribution in [1.82, 2.24) is 5.32 Å². The van der Waals surface area contributed by atoms with Gasteiger partial charge in [-0.25, -0.2) is 0 Å². The maximum atomic E-state index is 12.2. The van der Waals surface area contributed by atoms with E-state index < -0.39 is 12.1 Å². The number of fused-ring (bicyclic) bond motifs is 1. The molecule has 0 unspecified atom stereocenters. The van der Waals surface area contributed by atoms with Gasteiger partial charge in [-0.1, -0.05) is 24.3 Å². The lowest BCUT2D eigenvalue weighted by Crippen LogP contribution is -2.35. The van der Waals surface area contributed by atoms with Gasteiger partial charge in [0.1, 0.15) is 5.75 Å². The van der Waals surface area contributed by atoms with Gasteiger partial charge in [0.25, 0.3) is 5.91 Å². The number of esters is 1. The summed E-state index contributed by atoms with van der Waals surface area (Å²) in [5, 5.41) is 2.74. The number of amides is 1. The Labute approximate surface area is 163 Å². The van der Waals surface area contributed by atoms with E-state index in [0.717, 1.165) is 16.9 Å². The SMILES string of the molecule is Cc1ccccc1OCCC(=O)O[C@@H](C)C(=O)NCc1ccc2c(c1)OCO2. The number of aryl methyl sites for hydroxylation is 1. The average molecular weight is 385 g/mol. The summed E-state index contributed by atoms with van der Waals surface area (Å²) < 4.78 is 21.3. The summed E-state index contributed by atoms with van der Waals surface area (Å²) in [6.45, 7) is 4.16. The lowest BCUT2D eigenvalue weighted by atomic mass is 10.2. The van der Waals surface area contributed by atoms with Crippen molar-refractivity contribution in [3.63, 3.8) is 0 Å². The summed E-state index contributed by atoms with van der Waals surface area (Å²) in [7, 11) is 0. The van der Waals surface area contributed by atoms with Crippen LogP contribution in [-0.4, -0.2) is 31.4 Å². The van der Waals surface area contributed by atoms with Crippen molar-refractivity contribution in [1.29, 1.82) is 0 Å². The van der Waals surface area contributed by atoms with Crippen molar-refractivity contribution in [2.75, 3.05) is 13.4 Å². The standard InChI is InChI=1S/C21H23NO6/c1-14-5-3-4-6-17(14)25-10-9-20(23)28-15(2)21(24)22-12-16-7-8-18-19(11-16)27-13-26-18/h3-8,11,15H,9-10,12-13H2,1-2H3,(H,22,24)/t15-/m0/s1. The van der Waals surface area contributed by atoms with Gasteiger partial charge in [0.2, 0.25) is 6.79 Å². The number of ether oxygens (including phenoxy) is 4. The molecule has 1 amide bonds. The zero-order valence-electron chi connectivity index (χ0n) is 15.9. The van der Waals surface area contributed by atoms with Crippen molar-refractivity contribution < 1.29 is 28.5 Å². The Balaban J connectivity index is 1.38. The molecule has 1 heterocycles. The molecular weight excluding hydrogens is 362 g/mol. The van der Waals surface area contributed by atoms with Crippen molar-refractivity contribution >= 4 is 11.9 Å². The second kappa shape index (κ2) is 9.12. The molecule has 2 aromatic rings. The molecule has 3 rings (SSSR count). The number of para-hydroxylation sites is 1.